The zero-order chi connectivity index (χ0) is 9.97. The summed E-state index contributed by atoms with van der Waals surface area (Å²) in [5, 5.41) is 21.8. The maximum atomic E-state index is 8.91. The van der Waals surface area contributed by atoms with Gasteiger partial charge in [0.2, 0.25) is 0 Å². The molecule has 0 spiro atoms. The van der Waals surface area contributed by atoms with Gasteiger partial charge in [0.1, 0.15) is 0 Å². The van der Waals surface area contributed by atoms with Gasteiger partial charge < -0.3 is 10.0 Å². The van der Waals surface area contributed by atoms with Gasteiger partial charge in [-0.25, -0.2) is 9.67 Å². The van der Waals surface area contributed by atoms with Crippen molar-refractivity contribution in [2.24, 2.45) is 0 Å². The van der Waals surface area contributed by atoms with Crippen LogP contribution in [0.5, 0.6) is 0 Å². The normalized spacial score (nSPS) is 10.1. The summed E-state index contributed by atoms with van der Waals surface area (Å²) in [5.74, 6) is 0.556. The maximum absolute atomic E-state index is 8.91. The molecule has 14 heavy (non-hydrogen) atoms. The molecule has 0 aliphatic heterocycles. The first kappa shape index (κ1) is 8.92. The van der Waals surface area contributed by atoms with Crippen molar-refractivity contribution >= 4 is 12.7 Å². The minimum atomic E-state index is -1.55. The number of hydrogen-bond donors (Lipinski definition) is 2. The molecule has 2 rings (SSSR count). The number of rotatable bonds is 2. The van der Waals surface area contributed by atoms with Crippen LogP contribution >= 0.6 is 0 Å². The molecule has 0 aliphatic rings. The molecular weight excluding hydrogens is 181 g/mol. The van der Waals surface area contributed by atoms with Crippen molar-refractivity contribution in [2.75, 3.05) is 0 Å². The fourth-order valence-electron chi connectivity index (χ4n) is 1.12. The molecule has 2 aromatic heterocycles. The lowest BCUT2D eigenvalue weighted by atomic mass is 9.86. The first-order valence-corrected chi connectivity index (χ1v) is 4.10. The van der Waals surface area contributed by atoms with E-state index in [0.29, 0.717) is 5.82 Å². The number of nitrogens with zero attached hydrogens (tertiary/aromatic N) is 3. The van der Waals surface area contributed by atoms with Gasteiger partial charge in [-0.2, -0.15) is 5.10 Å². The van der Waals surface area contributed by atoms with Crippen LogP contribution in [0.1, 0.15) is 0 Å². The Hall–Kier alpha value is -1.66. The Labute approximate surface area is 80.8 Å². The number of aromatic nitrogens is 3. The van der Waals surface area contributed by atoms with Crippen LogP contribution in [0, 0.1) is 0 Å². The highest BCUT2D eigenvalue weighted by Gasteiger charge is 2.13. The Bertz CT molecular complexity index is 416. The quantitative estimate of drug-likeness (QED) is 0.591. The van der Waals surface area contributed by atoms with Gasteiger partial charge in [0.25, 0.3) is 0 Å². The summed E-state index contributed by atoms with van der Waals surface area (Å²) in [6, 6.07) is 6.74. The van der Waals surface area contributed by atoms with E-state index in [1.165, 1.54) is 6.07 Å². The van der Waals surface area contributed by atoms with Crippen molar-refractivity contribution in [3.05, 3.63) is 36.7 Å². The number of hydrogen-bond acceptors (Lipinski definition) is 4. The van der Waals surface area contributed by atoms with Crippen molar-refractivity contribution in [2.45, 2.75) is 0 Å². The van der Waals surface area contributed by atoms with E-state index in [-0.39, 0.29) is 5.59 Å². The second-order valence-electron chi connectivity index (χ2n) is 2.74. The van der Waals surface area contributed by atoms with Crippen LogP contribution < -0.4 is 5.59 Å². The third kappa shape index (κ3) is 1.66. The minimum absolute atomic E-state index is 0.206. The fourth-order valence-corrected chi connectivity index (χ4v) is 1.12. The van der Waals surface area contributed by atoms with Crippen LogP contribution in [0.2, 0.25) is 0 Å². The Morgan fingerprint density at radius 2 is 2.07 bits per heavy atom. The first-order chi connectivity index (χ1) is 6.77. The van der Waals surface area contributed by atoms with Crippen LogP contribution in [0.25, 0.3) is 5.82 Å². The third-order valence-electron chi connectivity index (χ3n) is 1.76. The van der Waals surface area contributed by atoms with Crippen LogP contribution in [0.3, 0.4) is 0 Å². The van der Waals surface area contributed by atoms with E-state index >= 15 is 0 Å². The predicted octanol–water partition coefficient (Wildman–Crippen LogP) is -1.05. The molecule has 70 valence electrons. The second kappa shape index (κ2) is 3.61. The molecule has 0 unspecified atom stereocenters. The van der Waals surface area contributed by atoms with E-state index in [1.54, 1.807) is 35.3 Å². The lowest BCUT2D eigenvalue weighted by Gasteiger charge is -2.02. The average Bonchev–Trinajstić information content (AvgIpc) is 2.71. The van der Waals surface area contributed by atoms with Crippen LogP contribution in [0.4, 0.5) is 0 Å². The van der Waals surface area contributed by atoms with Crippen LogP contribution in [-0.4, -0.2) is 31.9 Å². The Morgan fingerprint density at radius 1 is 1.21 bits per heavy atom. The molecule has 0 fully saturated rings. The molecule has 0 atom stereocenters. The van der Waals surface area contributed by atoms with E-state index in [1.807, 2.05) is 0 Å². The molecule has 2 aromatic rings. The van der Waals surface area contributed by atoms with Crippen molar-refractivity contribution in [1.82, 2.24) is 14.8 Å². The summed E-state index contributed by atoms with van der Waals surface area (Å²) < 4.78 is 1.55. The zero-order valence-electron chi connectivity index (χ0n) is 7.28. The highest BCUT2D eigenvalue weighted by Crippen LogP contribution is 1.98. The van der Waals surface area contributed by atoms with E-state index in [4.69, 9.17) is 10.0 Å². The fraction of sp³-hybridized carbons (Fsp3) is 0. The topological polar surface area (TPSA) is 71.2 Å². The van der Waals surface area contributed by atoms with Gasteiger partial charge >= 0.3 is 7.12 Å². The maximum Gasteiger partial charge on any atom is 0.508 e. The summed E-state index contributed by atoms with van der Waals surface area (Å²) >= 11 is 0. The van der Waals surface area contributed by atoms with Crippen molar-refractivity contribution in [3.8, 4) is 5.82 Å². The number of pyridine rings is 1. The molecule has 2 N–H and O–H groups in total. The Morgan fingerprint density at radius 3 is 2.71 bits per heavy atom. The van der Waals surface area contributed by atoms with Gasteiger partial charge in [-0.1, -0.05) is 6.07 Å². The van der Waals surface area contributed by atoms with E-state index in [0.717, 1.165) is 0 Å². The highest BCUT2D eigenvalue weighted by molar-refractivity contribution is 6.57. The molecule has 0 aliphatic carbocycles. The summed E-state index contributed by atoms with van der Waals surface area (Å²) in [4.78, 5) is 4.02. The molecule has 5 nitrogen and oxygen atoms in total. The van der Waals surface area contributed by atoms with Gasteiger partial charge in [0, 0.05) is 12.4 Å². The molecule has 6 heteroatoms. The third-order valence-corrected chi connectivity index (χ3v) is 1.76. The van der Waals surface area contributed by atoms with E-state index in [2.05, 4.69) is 10.1 Å². The summed E-state index contributed by atoms with van der Waals surface area (Å²) in [5.41, 5.74) is 0.206. The van der Waals surface area contributed by atoms with E-state index < -0.39 is 7.12 Å². The average molecular weight is 189 g/mol. The largest absolute Gasteiger partial charge is 0.508 e. The molecule has 0 bridgehead atoms. The molecular formula is C8H8BN3O2. The SMILES string of the molecule is OB(O)c1cccc(-n2cccn2)n1. The van der Waals surface area contributed by atoms with Crippen LogP contribution in [0.15, 0.2) is 36.7 Å². The van der Waals surface area contributed by atoms with Gasteiger partial charge in [-0.3, -0.25) is 0 Å². The van der Waals surface area contributed by atoms with Gasteiger partial charge in [-0.05, 0) is 18.2 Å². The second-order valence-corrected chi connectivity index (χ2v) is 2.74. The van der Waals surface area contributed by atoms with Gasteiger partial charge in [0.15, 0.2) is 5.82 Å². The molecule has 0 radical (unpaired) electrons. The van der Waals surface area contributed by atoms with Crippen molar-refractivity contribution in [3.63, 3.8) is 0 Å². The van der Waals surface area contributed by atoms with Crippen LogP contribution in [-0.2, 0) is 0 Å². The standard InChI is InChI=1S/C8H8BN3O2/c13-9(14)7-3-1-4-8(11-7)12-6-2-5-10-12/h1-6,13-14H. The summed E-state index contributed by atoms with van der Waals surface area (Å²) in [6.45, 7) is 0. The zero-order valence-corrected chi connectivity index (χ0v) is 7.28. The molecule has 2 heterocycles. The smallest absolute Gasteiger partial charge is 0.422 e. The monoisotopic (exact) mass is 189 g/mol. The van der Waals surface area contributed by atoms with Crippen molar-refractivity contribution in [1.29, 1.82) is 0 Å². The lowest BCUT2D eigenvalue weighted by molar-refractivity contribution is 0.424. The highest BCUT2D eigenvalue weighted by atomic mass is 16.4. The molecule has 0 amide bonds. The molecule has 0 aromatic carbocycles. The predicted molar refractivity (Wildman–Crippen MR) is 51.2 cm³/mol. The summed E-state index contributed by atoms with van der Waals surface area (Å²) in [6.07, 6.45) is 3.36. The van der Waals surface area contributed by atoms with Gasteiger partial charge in [0.05, 0.1) is 5.59 Å². The first-order valence-electron chi connectivity index (χ1n) is 4.10. The Balaban J connectivity index is 2.41. The van der Waals surface area contributed by atoms with Crippen molar-refractivity contribution < 1.29 is 10.0 Å². The van der Waals surface area contributed by atoms with E-state index in [9.17, 15) is 0 Å². The Kier molecular flexibility index (Phi) is 2.30. The summed E-state index contributed by atoms with van der Waals surface area (Å²) in [7, 11) is -1.55. The minimum Gasteiger partial charge on any atom is -0.422 e. The van der Waals surface area contributed by atoms with Gasteiger partial charge in [-0.15, -0.1) is 0 Å². The molecule has 0 saturated heterocycles. The molecule has 0 saturated carbocycles. The lowest BCUT2D eigenvalue weighted by Crippen LogP contribution is -2.33.